The Kier molecular flexibility index (Phi) is 24.9. The molecule has 0 aromatic carbocycles. The van der Waals surface area contributed by atoms with E-state index in [-0.39, 0.29) is 0 Å². The van der Waals surface area contributed by atoms with Crippen molar-refractivity contribution in [1.29, 1.82) is 0 Å². The first-order valence-electron chi connectivity index (χ1n) is 13.3. The number of hydrogen-bond acceptors (Lipinski definition) is 6. The lowest BCUT2D eigenvalue weighted by atomic mass is 10.1. The van der Waals surface area contributed by atoms with E-state index in [2.05, 4.69) is 6.92 Å². The van der Waals surface area contributed by atoms with E-state index < -0.39 is 8.80 Å². The molecular weight excluding hydrogens is 456 g/mol. The summed E-state index contributed by atoms with van der Waals surface area (Å²) in [5, 5.41) is 0.403. The van der Waals surface area contributed by atoms with Crippen LogP contribution in [-0.4, -0.2) is 51.0 Å². The summed E-state index contributed by atoms with van der Waals surface area (Å²) < 4.78 is 17.7. The second kappa shape index (κ2) is 24.6. The van der Waals surface area contributed by atoms with Crippen molar-refractivity contribution in [2.75, 3.05) is 37.1 Å². The molecule has 0 radical (unpaired) electrons. The van der Waals surface area contributed by atoms with Crippen LogP contribution in [0.1, 0.15) is 111 Å². The van der Waals surface area contributed by atoms with Crippen LogP contribution >= 0.6 is 23.5 Å². The molecule has 0 saturated heterocycles. The molecule has 0 saturated carbocycles. The van der Waals surface area contributed by atoms with Crippen molar-refractivity contribution in [3.8, 4) is 0 Å². The Morgan fingerprint density at radius 1 is 0.625 bits per heavy atom. The molecule has 0 fully saturated rings. The molecule has 0 aliphatic rings. The fourth-order valence-corrected chi connectivity index (χ4v) is 8.33. The second-order valence-corrected chi connectivity index (χ2v) is 13.3. The summed E-state index contributed by atoms with van der Waals surface area (Å²) in [5.41, 5.74) is 0. The van der Waals surface area contributed by atoms with Gasteiger partial charge in [-0.3, -0.25) is 4.79 Å². The predicted octanol–water partition coefficient (Wildman–Crippen LogP) is 8.12. The van der Waals surface area contributed by atoms with E-state index in [4.69, 9.17) is 13.3 Å². The van der Waals surface area contributed by atoms with Crippen molar-refractivity contribution in [2.45, 2.75) is 117 Å². The lowest BCUT2D eigenvalue weighted by molar-refractivity contribution is -0.111. The zero-order chi connectivity index (χ0) is 23.8. The molecule has 32 heavy (non-hydrogen) atoms. The first-order chi connectivity index (χ1) is 15.6. The summed E-state index contributed by atoms with van der Waals surface area (Å²) in [5.74, 6) is 3.36. The van der Waals surface area contributed by atoms with Crippen molar-refractivity contribution in [1.82, 2.24) is 0 Å². The second-order valence-electron chi connectivity index (χ2n) is 8.20. The van der Waals surface area contributed by atoms with E-state index in [0.717, 1.165) is 36.8 Å². The number of rotatable bonds is 25. The summed E-state index contributed by atoms with van der Waals surface area (Å²) in [6, 6.07) is 0.916. The normalized spacial score (nSPS) is 11.9. The zero-order valence-electron chi connectivity index (χ0n) is 21.6. The number of hydrogen-bond donors (Lipinski definition) is 0. The molecule has 0 aromatic heterocycles. The number of carbonyl (C=O) groups is 1. The summed E-state index contributed by atoms with van der Waals surface area (Å²) in [4.78, 5) is 11.9. The SMILES string of the molecule is CCCCCCCCCC(=O)SCCCCCCSCCC[Si](OCC)(OCC)OCC. The fraction of sp³-hybridized carbons (Fsp3) is 0.960. The van der Waals surface area contributed by atoms with Crippen molar-refractivity contribution in [3.63, 3.8) is 0 Å². The molecule has 0 amide bonds. The predicted molar refractivity (Wildman–Crippen MR) is 146 cm³/mol. The highest BCUT2D eigenvalue weighted by atomic mass is 32.2. The van der Waals surface area contributed by atoms with Gasteiger partial charge in [-0.15, -0.1) is 0 Å². The summed E-state index contributed by atoms with van der Waals surface area (Å²) in [6.45, 7) is 10.3. The minimum Gasteiger partial charge on any atom is -0.374 e. The number of thioether (sulfide) groups is 2. The molecule has 0 spiro atoms. The van der Waals surface area contributed by atoms with Gasteiger partial charge in [-0.1, -0.05) is 70.1 Å². The average Bonchev–Trinajstić information content (AvgIpc) is 2.77. The van der Waals surface area contributed by atoms with Crippen LogP contribution in [0.5, 0.6) is 0 Å². The zero-order valence-corrected chi connectivity index (χ0v) is 24.2. The molecular formula is C25H52O4S2Si. The van der Waals surface area contributed by atoms with Crippen LogP contribution in [0.25, 0.3) is 0 Å². The quantitative estimate of drug-likeness (QED) is 0.0916. The maximum Gasteiger partial charge on any atom is 0.500 e. The van der Waals surface area contributed by atoms with Crippen LogP contribution < -0.4 is 0 Å². The van der Waals surface area contributed by atoms with Gasteiger partial charge in [0.25, 0.3) is 0 Å². The summed E-state index contributed by atoms with van der Waals surface area (Å²) in [7, 11) is -2.46. The highest BCUT2D eigenvalue weighted by molar-refractivity contribution is 8.13. The average molecular weight is 509 g/mol. The van der Waals surface area contributed by atoms with Crippen molar-refractivity contribution < 1.29 is 18.1 Å². The van der Waals surface area contributed by atoms with Crippen LogP contribution in [-0.2, 0) is 18.1 Å². The van der Waals surface area contributed by atoms with Crippen LogP contribution in [0.3, 0.4) is 0 Å². The Bertz CT molecular complexity index is 396. The molecule has 0 bridgehead atoms. The van der Waals surface area contributed by atoms with Gasteiger partial charge in [0, 0.05) is 38.0 Å². The molecule has 0 aliphatic carbocycles. The lowest BCUT2D eigenvalue weighted by Gasteiger charge is -2.28. The molecule has 7 heteroatoms. The molecule has 0 aliphatic heterocycles. The molecule has 0 atom stereocenters. The maximum atomic E-state index is 11.9. The third-order valence-electron chi connectivity index (χ3n) is 5.29. The van der Waals surface area contributed by atoms with Gasteiger partial charge in [0.2, 0.25) is 0 Å². The Balaban J connectivity index is 3.52. The van der Waals surface area contributed by atoms with Gasteiger partial charge in [-0.05, 0) is 58.0 Å². The Labute approximate surface area is 209 Å². The molecule has 0 aromatic rings. The Morgan fingerprint density at radius 2 is 1.12 bits per heavy atom. The third kappa shape index (κ3) is 19.9. The third-order valence-corrected chi connectivity index (χ3v) is 10.6. The molecule has 192 valence electrons. The fourth-order valence-electron chi connectivity index (χ4n) is 3.64. The molecule has 0 N–H and O–H groups in total. The lowest BCUT2D eigenvalue weighted by Crippen LogP contribution is -2.46. The standard InChI is InChI=1S/C25H52O4S2Si/c1-5-9-10-11-12-13-16-20-25(26)31-23-18-15-14-17-21-30-22-19-24-32(27-6-2,28-7-3)29-8-4/h5-24H2,1-4H3. The van der Waals surface area contributed by atoms with Crippen molar-refractivity contribution >= 4 is 37.4 Å². The minimum atomic E-state index is -2.46. The van der Waals surface area contributed by atoms with Gasteiger partial charge >= 0.3 is 8.80 Å². The van der Waals surface area contributed by atoms with Gasteiger partial charge in [-0.25, -0.2) is 0 Å². The number of carbonyl (C=O) groups excluding carboxylic acids is 1. The first kappa shape index (κ1) is 32.5. The van der Waals surface area contributed by atoms with Gasteiger partial charge in [-0.2, -0.15) is 11.8 Å². The first-order valence-corrected chi connectivity index (χ1v) is 17.4. The number of unbranched alkanes of at least 4 members (excludes halogenated alkanes) is 9. The molecule has 0 heterocycles. The van der Waals surface area contributed by atoms with Gasteiger partial charge < -0.3 is 13.3 Å². The van der Waals surface area contributed by atoms with Crippen LogP contribution in [0.4, 0.5) is 0 Å². The van der Waals surface area contributed by atoms with E-state index in [1.54, 1.807) is 11.8 Å². The highest BCUT2D eigenvalue weighted by Crippen LogP contribution is 2.21. The van der Waals surface area contributed by atoms with Crippen LogP contribution in [0, 0.1) is 0 Å². The summed E-state index contributed by atoms with van der Waals surface area (Å²) >= 11 is 3.59. The highest BCUT2D eigenvalue weighted by Gasteiger charge is 2.39. The Morgan fingerprint density at radius 3 is 1.72 bits per heavy atom. The minimum absolute atomic E-state index is 0.403. The van der Waals surface area contributed by atoms with E-state index in [1.165, 1.54) is 70.0 Å². The topological polar surface area (TPSA) is 44.8 Å². The summed E-state index contributed by atoms with van der Waals surface area (Å²) in [6.07, 6.45) is 15.8. The van der Waals surface area contributed by atoms with Crippen molar-refractivity contribution in [3.05, 3.63) is 0 Å². The smallest absolute Gasteiger partial charge is 0.374 e. The van der Waals surface area contributed by atoms with E-state index in [1.807, 2.05) is 32.5 Å². The van der Waals surface area contributed by atoms with Crippen molar-refractivity contribution in [2.24, 2.45) is 0 Å². The monoisotopic (exact) mass is 508 g/mol. The van der Waals surface area contributed by atoms with E-state index >= 15 is 0 Å². The van der Waals surface area contributed by atoms with E-state index in [0.29, 0.717) is 24.9 Å². The Hall–Kier alpha value is 0.467. The van der Waals surface area contributed by atoms with Crippen LogP contribution in [0.15, 0.2) is 0 Å². The van der Waals surface area contributed by atoms with Gasteiger partial charge in [0.15, 0.2) is 5.12 Å². The van der Waals surface area contributed by atoms with E-state index in [9.17, 15) is 4.79 Å². The largest absolute Gasteiger partial charge is 0.500 e. The molecule has 4 nitrogen and oxygen atoms in total. The van der Waals surface area contributed by atoms with Gasteiger partial charge in [0.1, 0.15) is 0 Å². The van der Waals surface area contributed by atoms with Crippen LogP contribution in [0.2, 0.25) is 6.04 Å². The molecule has 0 rings (SSSR count). The maximum absolute atomic E-state index is 11.9. The van der Waals surface area contributed by atoms with Gasteiger partial charge in [0.05, 0.1) is 0 Å². The molecule has 0 unspecified atom stereocenters.